The van der Waals surface area contributed by atoms with Crippen LogP contribution < -0.4 is 4.90 Å². The van der Waals surface area contributed by atoms with Gasteiger partial charge in [-0.05, 0) is 6.42 Å². The summed E-state index contributed by atoms with van der Waals surface area (Å²) in [5.41, 5.74) is -4.21. The highest BCUT2D eigenvalue weighted by Crippen LogP contribution is 2.43. The van der Waals surface area contributed by atoms with Crippen molar-refractivity contribution in [1.82, 2.24) is 0 Å². The SMILES string of the molecule is CCCN(CC#N)c1c([N+](=O)[O-])cc(C(F)(F)F)cc1[N+](=O)[O-]. The Morgan fingerprint density at radius 2 is 1.70 bits per heavy atom. The molecule has 1 rings (SSSR count). The van der Waals surface area contributed by atoms with E-state index in [1.807, 2.05) is 0 Å². The molecular formula is C12H11F3N4O4. The van der Waals surface area contributed by atoms with Gasteiger partial charge in [0.1, 0.15) is 6.54 Å². The first-order valence-electron chi connectivity index (χ1n) is 6.29. The zero-order valence-corrected chi connectivity index (χ0v) is 11.8. The maximum Gasteiger partial charge on any atom is 0.416 e. The van der Waals surface area contributed by atoms with Crippen LogP contribution >= 0.6 is 0 Å². The van der Waals surface area contributed by atoms with Gasteiger partial charge in [0.15, 0.2) is 5.69 Å². The second-order valence-corrected chi connectivity index (χ2v) is 4.45. The highest BCUT2D eigenvalue weighted by Gasteiger charge is 2.39. The van der Waals surface area contributed by atoms with E-state index in [-0.39, 0.29) is 18.7 Å². The van der Waals surface area contributed by atoms with Crippen molar-refractivity contribution in [3.05, 3.63) is 37.9 Å². The van der Waals surface area contributed by atoms with E-state index in [4.69, 9.17) is 5.26 Å². The molecule has 11 heteroatoms. The summed E-state index contributed by atoms with van der Waals surface area (Å²) in [6.45, 7) is 1.27. The Morgan fingerprint density at radius 3 is 2.00 bits per heavy atom. The van der Waals surface area contributed by atoms with Gasteiger partial charge in [0, 0.05) is 18.7 Å². The predicted octanol–water partition coefficient (Wildman–Crippen LogP) is 3.26. The van der Waals surface area contributed by atoms with Gasteiger partial charge in [0.2, 0.25) is 0 Å². The van der Waals surface area contributed by atoms with Crippen LogP contribution in [0.5, 0.6) is 0 Å². The number of rotatable bonds is 6. The molecule has 0 saturated heterocycles. The second-order valence-electron chi connectivity index (χ2n) is 4.45. The van der Waals surface area contributed by atoms with Crippen molar-refractivity contribution in [2.24, 2.45) is 0 Å². The molecule has 0 atom stereocenters. The minimum atomic E-state index is -4.97. The average molecular weight is 332 g/mol. The normalized spacial score (nSPS) is 10.9. The summed E-state index contributed by atoms with van der Waals surface area (Å²) >= 11 is 0. The third kappa shape index (κ3) is 4.06. The van der Waals surface area contributed by atoms with Gasteiger partial charge in [-0.15, -0.1) is 0 Å². The van der Waals surface area contributed by atoms with Gasteiger partial charge >= 0.3 is 6.18 Å². The van der Waals surface area contributed by atoms with Crippen molar-refractivity contribution in [3.8, 4) is 6.07 Å². The monoisotopic (exact) mass is 332 g/mol. The van der Waals surface area contributed by atoms with Crippen LogP contribution in [0.15, 0.2) is 12.1 Å². The topological polar surface area (TPSA) is 113 Å². The molecule has 0 heterocycles. The van der Waals surface area contributed by atoms with E-state index in [0.29, 0.717) is 6.42 Å². The van der Waals surface area contributed by atoms with E-state index in [0.717, 1.165) is 4.90 Å². The van der Waals surface area contributed by atoms with Gasteiger partial charge in [-0.2, -0.15) is 18.4 Å². The number of nitriles is 1. The Labute approximate surface area is 128 Å². The Hall–Kier alpha value is -2.90. The Balaban J connectivity index is 3.74. The average Bonchev–Trinajstić information content (AvgIpc) is 2.44. The quantitative estimate of drug-likeness (QED) is 0.449. The Bertz CT molecular complexity index is 634. The fraction of sp³-hybridized carbons (Fsp3) is 0.417. The highest BCUT2D eigenvalue weighted by atomic mass is 19.4. The molecule has 0 aliphatic carbocycles. The predicted molar refractivity (Wildman–Crippen MR) is 72.9 cm³/mol. The molecule has 1 aromatic rings. The number of hydrogen-bond donors (Lipinski definition) is 0. The Kier molecular flexibility index (Phi) is 5.45. The van der Waals surface area contributed by atoms with Crippen molar-refractivity contribution >= 4 is 17.1 Å². The summed E-state index contributed by atoms with van der Waals surface area (Å²) in [5.74, 6) is 0. The third-order valence-electron chi connectivity index (χ3n) is 2.86. The Morgan fingerprint density at radius 1 is 1.22 bits per heavy atom. The standard InChI is InChI=1S/C12H11F3N4O4/c1-2-4-17(5-3-16)11-9(18(20)21)6-8(12(13,14)15)7-10(11)19(22)23/h6-7H,2,4-5H2,1H3. The van der Waals surface area contributed by atoms with Crippen LogP contribution in [0.2, 0.25) is 0 Å². The van der Waals surface area contributed by atoms with Crippen molar-refractivity contribution in [3.63, 3.8) is 0 Å². The van der Waals surface area contributed by atoms with Gasteiger partial charge in [0.25, 0.3) is 11.4 Å². The van der Waals surface area contributed by atoms with E-state index in [2.05, 4.69) is 0 Å². The number of alkyl halides is 3. The zero-order valence-electron chi connectivity index (χ0n) is 11.8. The lowest BCUT2D eigenvalue weighted by atomic mass is 10.1. The van der Waals surface area contributed by atoms with Gasteiger partial charge in [-0.25, -0.2) is 0 Å². The van der Waals surface area contributed by atoms with Gasteiger partial charge in [-0.1, -0.05) is 6.92 Å². The first-order chi connectivity index (χ1) is 10.6. The molecule has 0 aromatic heterocycles. The first-order valence-corrected chi connectivity index (χ1v) is 6.29. The molecular weight excluding hydrogens is 321 g/mol. The van der Waals surface area contributed by atoms with Gasteiger partial charge in [0.05, 0.1) is 21.5 Å². The number of hydrogen-bond acceptors (Lipinski definition) is 6. The molecule has 0 bridgehead atoms. The molecule has 0 unspecified atom stereocenters. The lowest BCUT2D eigenvalue weighted by Crippen LogP contribution is -2.26. The fourth-order valence-corrected chi connectivity index (χ4v) is 2.00. The number of nitro benzene ring substituents is 2. The van der Waals surface area contributed by atoms with E-state index in [9.17, 15) is 33.4 Å². The van der Waals surface area contributed by atoms with Crippen LogP contribution in [-0.2, 0) is 6.18 Å². The number of benzene rings is 1. The summed E-state index contributed by atoms with van der Waals surface area (Å²) in [5, 5.41) is 30.9. The first kappa shape index (κ1) is 18.1. The van der Waals surface area contributed by atoms with Gasteiger partial charge < -0.3 is 4.90 Å². The minimum Gasteiger partial charge on any atom is -0.347 e. The highest BCUT2D eigenvalue weighted by molar-refractivity contribution is 5.76. The number of nitrogens with zero attached hydrogens (tertiary/aromatic N) is 4. The molecule has 0 radical (unpaired) electrons. The van der Waals surface area contributed by atoms with Crippen molar-refractivity contribution in [1.29, 1.82) is 5.26 Å². The maximum atomic E-state index is 12.8. The molecule has 124 valence electrons. The van der Waals surface area contributed by atoms with E-state index >= 15 is 0 Å². The summed E-state index contributed by atoms with van der Waals surface area (Å²) in [6.07, 6.45) is -4.59. The largest absolute Gasteiger partial charge is 0.416 e. The van der Waals surface area contributed by atoms with Crippen molar-refractivity contribution in [2.45, 2.75) is 19.5 Å². The van der Waals surface area contributed by atoms with E-state index < -0.39 is 45.2 Å². The maximum absolute atomic E-state index is 12.8. The van der Waals surface area contributed by atoms with Crippen LogP contribution in [0, 0.1) is 31.6 Å². The van der Waals surface area contributed by atoms with E-state index in [1.165, 1.54) is 0 Å². The minimum absolute atomic E-state index is 0.0423. The molecule has 0 saturated carbocycles. The number of halogens is 3. The molecule has 0 fully saturated rings. The van der Waals surface area contributed by atoms with Crippen molar-refractivity contribution < 1.29 is 23.0 Å². The summed E-state index contributed by atoms with van der Waals surface area (Å²) in [6, 6.07) is 2.16. The lowest BCUT2D eigenvalue weighted by Gasteiger charge is -2.21. The molecule has 1 aromatic carbocycles. The number of anilines is 1. The second kappa shape index (κ2) is 6.91. The van der Waals surface area contributed by atoms with Crippen LogP contribution in [0.3, 0.4) is 0 Å². The number of nitro groups is 2. The zero-order chi connectivity index (χ0) is 17.8. The molecule has 0 amide bonds. The summed E-state index contributed by atoms with van der Waals surface area (Å²) in [7, 11) is 0. The molecule has 0 aliphatic rings. The summed E-state index contributed by atoms with van der Waals surface area (Å²) in [4.78, 5) is 21.0. The summed E-state index contributed by atoms with van der Waals surface area (Å²) < 4.78 is 38.4. The molecule has 0 spiro atoms. The lowest BCUT2D eigenvalue weighted by molar-refractivity contribution is -0.393. The molecule has 0 aliphatic heterocycles. The van der Waals surface area contributed by atoms with Crippen LogP contribution in [0.1, 0.15) is 18.9 Å². The van der Waals surface area contributed by atoms with Crippen LogP contribution in [-0.4, -0.2) is 22.9 Å². The molecule has 8 nitrogen and oxygen atoms in total. The van der Waals surface area contributed by atoms with Gasteiger partial charge in [-0.3, -0.25) is 20.2 Å². The smallest absolute Gasteiger partial charge is 0.347 e. The fourth-order valence-electron chi connectivity index (χ4n) is 2.00. The van der Waals surface area contributed by atoms with Crippen LogP contribution in [0.4, 0.5) is 30.2 Å². The third-order valence-corrected chi connectivity index (χ3v) is 2.86. The van der Waals surface area contributed by atoms with Crippen molar-refractivity contribution in [2.75, 3.05) is 18.0 Å². The molecule has 23 heavy (non-hydrogen) atoms. The van der Waals surface area contributed by atoms with Crippen LogP contribution in [0.25, 0.3) is 0 Å². The molecule has 0 N–H and O–H groups in total. The van der Waals surface area contributed by atoms with E-state index in [1.54, 1.807) is 13.0 Å².